The number of carbonyl (C=O) groups is 1. The molecule has 0 saturated heterocycles. The van der Waals surface area contributed by atoms with Crippen molar-refractivity contribution in [3.05, 3.63) is 0 Å². The molecule has 1 heteroatoms. The number of Topliss-reactive ketones (excluding diaryl/α,β-unsaturated/α-hetero) is 1. The van der Waals surface area contributed by atoms with Gasteiger partial charge in [0.2, 0.25) is 0 Å². The topological polar surface area (TPSA) is 17.1 Å². The van der Waals surface area contributed by atoms with Crippen LogP contribution in [0.1, 0.15) is 57.8 Å². The SMILES string of the molecule is O=C1C[C@]2(CCC23CCC3)C12CCC2. The van der Waals surface area contributed by atoms with E-state index in [2.05, 4.69) is 0 Å². The fourth-order valence-electron chi connectivity index (χ4n) is 5.20. The minimum atomic E-state index is 0.242. The molecule has 0 aliphatic heterocycles. The lowest BCUT2D eigenvalue weighted by molar-refractivity contribution is -0.271. The smallest absolute Gasteiger partial charge is 0.140 e. The Balaban J connectivity index is 1.75. The summed E-state index contributed by atoms with van der Waals surface area (Å²) in [6, 6.07) is 0. The molecule has 14 heavy (non-hydrogen) atoms. The summed E-state index contributed by atoms with van der Waals surface area (Å²) in [6.07, 6.45) is 11.9. The van der Waals surface area contributed by atoms with Crippen LogP contribution in [-0.2, 0) is 4.79 Å². The molecule has 0 unspecified atom stereocenters. The van der Waals surface area contributed by atoms with E-state index in [1.165, 1.54) is 51.4 Å². The Morgan fingerprint density at radius 1 is 0.857 bits per heavy atom. The van der Waals surface area contributed by atoms with E-state index in [0.29, 0.717) is 16.6 Å². The van der Waals surface area contributed by atoms with Crippen molar-refractivity contribution in [2.24, 2.45) is 16.2 Å². The molecule has 0 amide bonds. The van der Waals surface area contributed by atoms with Crippen LogP contribution in [0.4, 0.5) is 0 Å². The molecule has 4 aliphatic rings. The van der Waals surface area contributed by atoms with Crippen LogP contribution >= 0.6 is 0 Å². The van der Waals surface area contributed by atoms with Gasteiger partial charge in [-0.1, -0.05) is 12.8 Å². The van der Waals surface area contributed by atoms with E-state index >= 15 is 0 Å². The number of hydrogen-bond donors (Lipinski definition) is 0. The molecule has 3 spiro atoms. The zero-order valence-electron chi connectivity index (χ0n) is 8.77. The summed E-state index contributed by atoms with van der Waals surface area (Å²) in [7, 11) is 0. The molecule has 4 aliphatic carbocycles. The van der Waals surface area contributed by atoms with Crippen LogP contribution in [0.15, 0.2) is 0 Å². The first-order valence-electron chi connectivity index (χ1n) is 6.28. The predicted octanol–water partition coefficient (Wildman–Crippen LogP) is 3.08. The Kier molecular flexibility index (Phi) is 1.11. The molecule has 0 N–H and O–H groups in total. The highest BCUT2D eigenvalue weighted by molar-refractivity contribution is 5.94. The summed E-state index contributed by atoms with van der Waals surface area (Å²) < 4.78 is 0. The van der Waals surface area contributed by atoms with Gasteiger partial charge < -0.3 is 0 Å². The fourth-order valence-corrected chi connectivity index (χ4v) is 5.20. The average Bonchev–Trinajstić information content (AvgIpc) is 1.90. The van der Waals surface area contributed by atoms with E-state index in [-0.39, 0.29) is 5.41 Å². The van der Waals surface area contributed by atoms with Gasteiger partial charge in [-0.3, -0.25) is 4.79 Å². The maximum atomic E-state index is 11.9. The summed E-state index contributed by atoms with van der Waals surface area (Å²) in [5, 5.41) is 0. The molecule has 0 aromatic heterocycles. The summed E-state index contributed by atoms with van der Waals surface area (Å²) in [5.74, 6) is 0.634. The molecule has 0 radical (unpaired) electrons. The van der Waals surface area contributed by atoms with E-state index < -0.39 is 0 Å². The van der Waals surface area contributed by atoms with Crippen molar-refractivity contribution < 1.29 is 4.79 Å². The Morgan fingerprint density at radius 2 is 1.57 bits per heavy atom. The van der Waals surface area contributed by atoms with Gasteiger partial charge in [-0.15, -0.1) is 0 Å². The van der Waals surface area contributed by atoms with Gasteiger partial charge in [0, 0.05) is 11.8 Å². The minimum absolute atomic E-state index is 0.242. The second-order valence-corrected chi connectivity index (χ2v) is 6.25. The highest BCUT2D eigenvalue weighted by Gasteiger charge is 2.78. The number of fused-ring (bicyclic) bond motifs is 2. The lowest BCUT2D eigenvalue weighted by Gasteiger charge is -2.78. The Hall–Kier alpha value is -0.330. The van der Waals surface area contributed by atoms with Crippen LogP contribution in [-0.4, -0.2) is 5.78 Å². The molecule has 0 bridgehead atoms. The molecule has 0 aromatic rings. The Bertz CT molecular complexity index is 317. The van der Waals surface area contributed by atoms with Crippen molar-refractivity contribution >= 4 is 5.78 Å². The van der Waals surface area contributed by atoms with Crippen LogP contribution in [0.2, 0.25) is 0 Å². The van der Waals surface area contributed by atoms with Crippen molar-refractivity contribution in [3.8, 4) is 0 Å². The third-order valence-corrected chi connectivity index (χ3v) is 6.48. The highest BCUT2D eigenvalue weighted by Crippen LogP contribution is 2.83. The zero-order valence-corrected chi connectivity index (χ0v) is 8.77. The van der Waals surface area contributed by atoms with E-state index in [4.69, 9.17) is 0 Å². The molecule has 4 fully saturated rings. The van der Waals surface area contributed by atoms with Crippen LogP contribution in [0, 0.1) is 16.2 Å². The molecule has 1 nitrogen and oxygen atoms in total. The largest absolute Gasteiger partial charge is 0.299 e. The van der Waals surface area contributed by atoms with Gasteiger partial charge >= 0.3 is 0 Å². The molecular formula is C13H18O. The van der Waals surface area contributed by atoms with E-state index in [1.807, 2.05) is 0 Å². The van der Waals surface area contributed by atoms with Crippen molar-refractivity contribution in [1.29, 1.82) is 0 Å². The Labute approximate surface area is 85.3 Å². The van der Waals surface area contributed by atoms with Crippen LogP contribution < -0.4 is 0 Å². The summed E-state index contributed by atoms with van der Waals surface area (Å²) in [6.45, 7) is 0. The van der Waals surface area contributed by atoms with Gasteiger partial charge in [0.05, 0.1) is 0 Å². The van der Waals surface area contributed by atoms with Gasteiger partial charge in [0.15, 0.2) is 0 Å². The summed E-state index contributed by atoms with van der Waals surface area (Å²) in [5.41, 5.74) is 1.47. The lowest BCUT2D eigenvalue weighted by atomic mass is 9.24. The van der Waals surface area contributed by atoms with Crippen LogP contribution in [0.25, 0.3) is 0 Å². The molecular weight excluding hydrogens is 172 g/mol. The van der Waals surface area contributed by atoms with Gasteiger partial charge in [-0.25, -0.2) is 0 Å². The zero-order chi connectivity index (χ0) is 9.44. The highest BCUT2D eigenvalue weighted by atomic mass is 16.1. The average molecular weight is 190 g/mol. The second-order valence-electron chi connectivity index (χ2n) is 6.25. The molecule has 0 heterocycles. The first-order chi connectivity index (χ1) is 6.75. The van der Waals surface area contributed by atoms with Gasteiger partial charge in [0.25, 0.3) is 0 Å². The molecule has 0 aromatic carbocycles. The molecule has 4 rings (SSSR count). The van der Waals surface area contributed by atoms with Crippen molar-refractivity contribution in [2.75, 3.05) is 0 Å². The summed E-state index contributed by atoms with van der Waals surface area (Å²) >= 11 is 0. The van der Waals surface area contributed by atoms with E-state index in [9.17, 15) is 4.79 Å². The van der Waals surface area contributed by atoms with Crippen molar-refractivity contribution in [2.45, 2.75) is 57.8 Å². The molecule has 1 atom stereocenters. The maximum absolute atomic E-state index is 11.9. The normalized spacial score (nSPS) is 45.6. The minimum Gasteiger partial charge on any atom is -0.299 e. The lowest BCUT2D eigenvalue weighted by Crippen LogP contribution is -2.75. The standard InChI is InChI=1S/C13H18O/c14-10-9-13(12(10)5-2-6-12)8-7-11(13)3-1-4-11/h1-9H2/t13-/m0/s1. The van der Waals surface area contributed by atoms with Gasteiger partial charge in [0.1, 0.15) is 5.78 Å². The summed E-state index contributed by atoms with van der Waals surface area (Å²) in [4.78, 5) is 11.9. The monoisotopic (exact) mass is 190 g/mol. The number of hydrogen-bond acceptors (Lipinski definition) is 1. The van der Waals surface area contributed by atoms with Crippen molar-refractivity contribution in [1.82, 2.24) is 0 Å². The maximum Gasteiger partial charge on any atom is 0.140 e. The van der Waals surface area contributed by atoms with Gasteiger partial charge in [-0.2, -0.15) is 0 Å². The van der Waals surface area contributed by atoms with Gasteiger partial charge in [-0.05, 0) is 49.4 Å². The third-order valence-electron chi connectivity index (χ3n) is 6.48. The van der Waals surface area contributed by atoms with Crippen LogP contribution in [0.5, 0.6) is 0 Å². The van der Waals surface area contributed by atoms with Crippen LogP contribution in [0.3, 0.4) is 0 Å². The second kappa shape index (κ2) is 1.96. The third kappa shape index (κ3) is 0.498. The number of rotatable bonds is 0. The number of carbonyl (C=O) groups excluding carboxylic acids is 1. The fraction of sp³-hybridized carbons (Fsp3) is 0.923. The van der Waals surface area contributed by atoms with E-state index in [0.717, 1.165) is 6.42 Å². The van der Waals surface area contributed by atoms with E-state index in [1.54, 1.807) is 0 Å². The molecule has 4 saturated carbocycles. The Morgan fingerprint density at radius 3 is 1.86 bits per heavy atom. The first kappa shape index (κ1) is 7.90. The quantitative estimate of drug-likeness (QED) is 0.573. The molecule has 76 valence electrons. The predicted molar refractivity (Wildman–Crippen MR) is 53.9 cm³/mol. The first-order valence-corrected chi connectivity index (χ1v) is 6.28. The number of ketones is 1. The van der Waals surface area contributed by atoms with Crippen molar-refractivity contribution in [3.63, 3.8) is 0 Å².